The molecule has 2 aromatic rings. The molecule has 0 aromatic heterocycles. The molecule has 0 aliphatic rings. The van der Waals surface area contributed by atoms with Crippen LogP contribution in [-0.2, 0) is 0 Å². The van der Waals surface area contributed by atoms with Crippen molar-refractivity contribution in [3.05, 3.63) is 61.0 Å². The first kappa shape index (κ1) is 9.97. The molecule has 0 heterocycles. The predicted molar refractivity (Wildman–Crippen MR) is 67.6 cm³/mol. The van der Waals surface area contributed by atoms with E-state index in [2.05, 4.69) is 61.5 Å². The van der Waals surface area contributed by atoms with Gasteiger partial charge in [0, 0.05) is 0 Å². The number of hydrogen-bond donors (Lipinski definition) is 0. The maximum Gasteiger partial charge on any atom is -0.0178 e. The van der Waals surface area contributed by atoms with Crippen LogP contribution in [0.3, 0.4) is 0 Å². The molecule has 0 amide bonds. The third-order valence-electron chi connectivity index (χ3n) is 2.45. The van der Waals surface area contributed by atoms with Crippen LogP contribution in [0.4, 0.5) is 0 Å². The fourth-order valence-corrected chi connectivity index (χ4v) is 1.65. The first-order chi connectivity index (χ1) is 7.40. The van der Waals surface area contributed by atoms with Crippen molar-refractivity contribution < 1.29 is 0 Å². The first-order valence-corrected chi connectivity index (χ1v) is 5.35. The summed E-state index contributed by atoms with van der Waals surface area (Å²) in [6.07, 6.45) is 6.35. The van der Waals surface area contributed by atoms with Gasteiger partial charge in [-0.15, -0.1) is 0 Å². The third kappa shape index (κ3) is 2.47. The van der Waals surface area contributed by atoms with Crippen molar-refractivity contribution >= 4 is 16.8 Å². The van der Waals surface area contributed by atoms with E-state index < -0.39 is 0 Å². The van der Waals surface area contributed by atoms with E-state index in [0.29, 0.717) is 0 Å². The molecule has 0 aliphatic carbocycles. The summed E-state index contributed by atoms with van der Waals surface area (Å²) < 4.78 is 0. The van der Waals surface area contributed by atoms with Crippen molar-refractivity contribution in [1.29, 1.82) is 0 Å². The van der Waals surface area contributed by atoms with Crippen molar-refractivity contribution in [3.8, 4) is 0 Å². The summed E-state index contributed by atoms with van der Waals surface area (Å²) in [7, 11) is 0. The number of rotatable bonds is 3. The molecule has 2 aromatic carbocycles. The van der Waals surface area contributed by atoms with Crippen LogP contribution in [0.1, 0.15) is 18.4 Å². The molecule has 0 unspecified atom stereocenters. The van der Waals surface area contributed by atoms with Crippen LogP contribution in [-0.4, -0.2) is 0 Å². The lowest BCUT2D eigenvalue weighted by Gasteiger charge is -1.98. The van der Waals surface area contributed by atoms with Gasteiger partial charge in [-0.2, -0.15) is 0 Å². The maximum atomic E-state index is 3.82. The Hall–Kier alpha value is -1.56. The van der Waals surface area contributed by atoms with E-state index in [9.17, 15) is 0 Å². The average molecular weight is 195 g/mol. The van der Waals surface area contributed by atoms with Gasteiger partial charge < -0.3 is 0 Å². The fourth-order valence-electron chi connectivity index (χ4n) is 1.65. The summed E-state index contributed by atoms with van der Waals surface area (Å²) in [6, 6.07) is 15.0. The molecular weight excluding hydrogens is 180 g/mol. The Balaban J connectivity index is 2.30. The second kappa shape index (κ2) is 4.79. The lowest BCUT2D eigenvalue weighted by atomic mass is 10.1. The molecule has 0 saturated carbocycles. The van der Waals surface area contributed by atoms with Crippen LogP contribution < -0.4 is 0 Å². The molecule has 0 atom stereocenters. The maximum absolute atomic E-state index is 3.82. The van der Waals surface area contributed by atoms with Gasteiger partial charge in [0.2, 0.25) is 0 Å². The zero-order valence-electron chi connectivity index (χ0n) is 8.82. The number of unbranched alkanes of at least 4 members (excludes halogenated alkanes) is 1. The molecular formula is C15H15. The number of fused-ring (bicyclic) bond motifs is 1. The normalized spacial score (nSPS) is 11.3. The van der Waals surface area contributed by atoms with E-state index in [0.717, 1.165) is 12.8 Å². The predicted octanol–water partition coefficient (Wildman–Crippen LogP) is 4.47. The molecule has 0 N–H and O–H groups in total. The SMILES string of the molecule is [CH2]CCC=Cc1ccc2ccccc2c1. The van der Waals surface area contributed by atoms with Gasteiger partial charge in [-0.25, -0.2) is 0 Å². The van der Waals surface area contributed by atoms with Crippen molar-refractivity contribution in [3.63, 3.8) is 0 Å². The van der Waals surface area contributed by atoms with Crippen LogP contribution in [0, 0.1) is 6.92 Å². The van der Waals surface area contributed by atoms with Crippen LogP contribution in [0.15, 0.2) is 48.5 Å². The van der Waals surface area contributed by atoms with E-state index >= 15 is 0 Å². The Kier molecular flexibility index (Phi) is 3.18. The van der Waals surface area contributed by atoms with Gasteiger partial charge in [-0.3, -0.25) is 0 Å². The monoisotopic (exact) mass is 195 g/mol. The summed E-state index contributed by atoms with van der Waals surface area (Å²) in [5.41, 5.74) is 1.27. The van der Waals surface area contributed by atoms with E-state index in [4.69, 9.17) is 0 Å². The second-order valence-electron chi connectivity index (χ2n) is 3.65. The van der Waals surface area contributed by atoms with Crippen molar-refractivity contribution in [2.75, 3.05) is 0 Å². The highest BCUT2D eigenvalue weighted by Crippen LogP contribution is 2.16. The van der Waals surface area contributed by atoms with Crippen LogP contribution in [0.2, 0.25) is 0 Å². The number of hydrogen-bond acceptors (Lipinski definition) is 0. The molecule has 0 nitrogen and oxygen atoms in total. The molecule has 0 aliphatic heterocycles. The summed E-state index contributed by atoms with van der Waals surface area (Å²) in [6.45, 7) is 3.82. The van der Waals surface area contributed by atoms with Gasteiger partial charge in [0.15, 0.2) is 0 Å². The molecule has 0 heteroatoms. The Morgan fingerprint density at radius 3 is 2.60 bits per heavy atom. The van der Waals surface area contributed by atoms with E-state index in [1.807, 2.05) is 0 Å². The van der Waals surface area contributed by atoms with E-state index in [-0.39, 0.29) is 0 Å². The lowest BCUT2D eigenvalue weighted by molar-refractivity contribution is 1.06. The highest BCUT2D eigenvalue weighted by Gasteiger charge is 1.92. The first-order valence-electron chi connectivity index (χ1n) is 5.35. The smallest absolute Gasteiger partial charge is 0.0178 e. The van der Waals surface area contributed by atoms with Gasteiger partial charge in [-0.05, 0) is 35.2 Å². The number of benzene rings is 2. The van der Waals surface area contributed by atoms with Crippen LogP contribution in [0.5, 0.6) is 0 Å². The highest BCUT2D eigenvalue weighted by molar-refractivity contribution is 5.84. The van der Waals surface area contributed by atoms with Gasteiger partial charge in [-0.1, -0.05) is 55.5 Å². The van der Waals surface area contributed by atoms with E-state index in [1.54, 1.807) is 0 Å². The van der Waals surface area contributed by atoms with Gasteiger partial charge in [0.25, 0.3) is 0 Å². The quantitative estimate of drug-likeness (QED) is 0.678. The molecule has 0 saturated heterocycles. The van der Waals surface area contributed by atoms with Gasteiger partial charge in [0.05, 0.1) is 0 Å². The zero-order chi connectivity index (χ0) is 10.5. The summed E-state index contributed by atoms with van der Waals surface area (Å²) in [4.78, 5) is 0. The van der Waals surface area contributed by atoms with Crippen LogP contribution >= 0.6 is 0 Å². The Morgan fingerprint density at radius 2 is 1.80 bits per heavy atom. The van der Waals surface area contributed by atoms with Gasteiger partial charge in [0.1, 0.15) is 0 Å². The molecule has 0 bridgehead atoms. The van der Waals surface area contributed by atoms with Crippen molar-refractivity contribution in [1.82, 2.24) is 0 Å². The lowest BCUT2D eigenvalue weighted by Crippen LogP contribution is -1.75. The molecule has 1 radical (unpaired) electrons. The fraction of sp³-hybridized carbons (Fsp3) is 0.133. The average Bonchev–Trinajstić information content (AvgIpc) is 2.29. The molecule has 0 fully saturated rings. The molecule has 75 valence electrons. The van der Waals surface area contributed by atoms with Crippen molar-refractivity contribution in [2.45, 2.75) is 12.8 Å². The zero-order valence-corrected chi connectivity index (χ0v) is 8.82. The second-order valence-corrected chi connectivity index (χ2v) is 3.65. The Bertz CT molecular complexity index is 466. The van der Waals surface area contributed by atoms with E-state index in [1.165, 1.54) is 16.3 Å². The van der Waals surface area contributed by atoms with Crippen LogP contribution in [0.25, 0.3) is 16.8 Å². The topological polar surface area (TPSA) is 0 Å². The summed E-state index contributed by atoms with van der Waals surface area (Å²) in [5.74, 6) is 0. The minimum Gasteiger partial charge on any atom is -0.0839 e. The highest BCUT2D eigenvalue weighted by atomic mass is 14.0. The van der Waals surface area contributed by atoms with Gasteiger partial charge >= 0.3 is 0 Å². The van der Waals surface area contributed by atoms with Crippen molar-refractivity contribution in [2.24, 2.45) is 0 Å². The Labute approximate surface area is 91.2 Å². The third-order valence-corrected chi connectivity index (χ3v) is 2.45. The number of allylic oxidation sites excluding steroid dienone is 1. The Morgan fingerprint density at radius 1 is 1.00 bits per heavy atom. The standard InChI is InChI=1S/C15H15/c1-2-3-4-7-13-10-11-14-8-5-6-9-15(14)12-13/h4-12H,1-3H2. The minimum atomic E-state index is 0.962. The summed E-state index contributed by atoms with van der Waals surface area (Å²) in [5, 5.41) is 2.60. The molecule has 0 spiro atoms. The summed E-state index contributed by atoms with van der Waals surface area (Å²) >= 11 is 0. The molecule has 15 heavy (non-hydrogen) atoms. The molecule has 2 rings (SSSR count). The minimum absolute atomic E-state index is 0.962. The largest absolute Gasteiger partial charge is 0.0839 e.